The first kappa shape index (κ1) is 19.7. The second kappa shape index (κ2) is 7.49. The molecule has 0 saturated carbocycles. The van der Waals surface area contributed by atoms with Crippen molar-refractivity contribution in [3.05, 3.63) is 40.1 Å². The summed E-state index contributed by atoms with van der Waals surface area (Å²) < 4.78 is 5.26. The van der Waals surface area contributed by atoms with E-state index in [4.69, 9.17) is 4.74 Å². The molecule has 150 valence electrons. The second-order valence-corrected chi connectivity index (χ2v) is 7.89. The van der Waals surface area contributed by atoms with Crippen LogP contribution in [-0.2, 0) is 4.74 Å². The summed E-state index contributed by atoms with van der Waals surface area (Å²) in [6, 6.07) is 6.31. The maximum atomic E-state index is 12.8. The lowest BCUT2D eigenvalue weighted by Crippen LogP contribution is -2.47. The van der Waals surface area contributed by atoms with Crippen LogP contribution < -0.4 is 5.32 Å². The van der Waals surface area contributed by atoms with Crippen molar-refractivity contribution < 1.29 is 19.2 Å². The smallest absolute Gasteiger partial charge is 0.407 e. The quantitative estimate of drug-likeness (QED) is 0.618. The number of non-ortho nitro benzene ring substituents is 1. The molecule has 3 rings (SSSR count). The molecule has 1 aliphatic rings. The van der Waals surface area contributed by atoms with Gasteiger partial charge in [-0.1, -0.05) is 12.1 Å². The van der Waals surface area contributed by atoms with Gasteiger partial charge in [-0.05, 0) is 39.7 Å². The van der Waals surface area contributed by atoms with Gasteiger partial charge in [0.25, 0.3) is 11.6 Å². The highest BCUT2D eigenvalue weighted by Crippen LogP contribution is 2.26. The van der Waals surface area contributed by atoms with Crippen molar-refractivity contribution in [3.8, 4) is 0 Å². The molecule has 28 heavy (non-hydrogen) atoms. The Balaban J connectivity index is 1.63. The van der Waals surface area contributed by atoms with Crippen LogP contribution in [0.15, 0.2) is 24.3 Å². The van der Waals surface area contributed by atoms with Gasteiger partial charge in [0.2, 0.25) is 0 Å². The molecule has 1 aromatic carbocycles. The lowest BCUT2D eigenvalue weighted by molar-refractivity contribution is -0.383. The predicted octanol–water partition coefficient (Wildman–Crippen LogP) is 3.21. The lowest BCUT2D eigenvalue weighted by atomic mass is 10.0. The number of ether oxygens (including phenoxy) is 1. The van der Waals surface area contributed by atoms with Gasteiger partial charge in [-0.3, -0.25) is 14.9 Å². The number of nitro benzene ring substituents is 1. The minimum Gasteiger partial charge on any atom is -0.444 e. The molecule has 1 fully saturated rings. The number of fused-ring (bicyclic) bond motifs is 1. The Hall–Kier alpha value is -3.10. The van der Waals surface area contributed by atoms with Crippen LogP contribution in [0.4, 0.5) is 10.5 Å². The number of alkyl carbamates (subject to hydrolysis) is 1. The van der Waals surface area contributed by atoms with Crippen LogP contribution in [0.1, 0.15) is 44.1 Å². The van der Waals surface area contributed by atoms with Gasteiger partial charge in [0.1, 0.15) is 16.8 Å². The number of para-hydroxylation sites is 1. The number of amides is 2. The molecule has 0 spiro atoms. The van der Waals surface area contributed by atoms with Crippen LogP contribution in [0, 0.1) is 10.1 Å². The minimum absolute atomic E-state index is 0.0531. The maximum Gasteiger partial charge on any atom is 0.407 e. The molecule has 2 aromatic rings. The van der Waals surface area contributed by atoms with E-state index >= 15 is 0 Å². The third-order valence-electron chi connectivity index (χ3n) is 4.56. The Kier molecular flexibility index (Phi) is 5.26. The molecular formula is C19H24N4O5. The van der Waals surface area contributed by atoms with E-state index in [0.717, 1.165) is 0 Å². The van der Waals surface area contributed by atoms with E-state index in [1.807, 2.05) is 0 Å². The number of aromatic nitrogens is 1. The molecule has 1 saturated heterocycles. The number of nitro groups is 1. The van der Waals surface area contributed by atoms with Crippen molar-refractivity contribution in [1.82, 2.24) is 15.2 Å². The molecule has 1 aliphatic heterocycles. The van der Waals surface area contributed by atoms with Crippen molar-refractivity contribution in [2.75, 3.05) is 13.1 Å². The van der Waals surface area contributed by atoms with Gasteiger partial charge in [0.05, 0.1) is 4.92 Å². The third kappa shape index (κ3) is 4.41. The first-order valence-corrected chi connectivity index (χ1v) is 9.19. The Morgan fingerprint density at radius 1 is 1.29 bits per heavy atom. The van der Waals surface area contributed by atoms with Crippen molar-refractivity contribution in [1.29, 1.82) is 0 Å². The number of H-pyrrole nitrogens is 1. The summed E-state index contributed by atoms with van der Waals surface area (Å²) in [4.78, 5) is 39.9. The SMILES string of the molecule is CC(C)(C)OC(=O)NC1CCN(C(=O)c2cc3cccc([N+](=O)[O-])c3[nH]2)CC1. The number of hydrogen-bond donors (Lipinski definition) is 2. The zero-order valence-corrected chi connectivity index (χ0v) is 16.2. The molecule has 1 aromatic heterocycles. The van der Waals surface area contributed by atoms with Crippen molar-refractivity contribution >= 4 is 28.6 Å². The topological polar surface area (TPSA) is 118 Å². The number of nitrogens with one attached hydrogen (secondary N) is 2. The summed E-state index contributed by atoms with van der Waals surface area (Å²) in [6.45, 7) is 6.38. The molecular weight excluding hydrogens is 364 g/mol. The Morgan fingerprint density at radius 2 is 1.96 bits per heavy atom. The first-order valence-electron chi connectivity index (χ1n) is 9.19. The highest BCUT2D eigenvalue weighted by Gasteiger charge is 2.27. The van der Waals surface area contributed by atoms with E-state index in [2.05, 4.69) is 10.3 Å². The van der Waals surface area contributed by atoms with Gasteiger partial charge in [0.15, 0.2) is 0 Å². The molecule has 9 nitrogen and oxygen atoms in total. The molecule has 2 N–H and O–H groups in total. The monoisotopic (exact) mass is 388 g/mol. The summed E-state index contributed by atoms with van der Waals surface area (Å²) in [5, 5.41) is 14.6. The maximum absolute atomic E-state index is 12.8. The van der Waals surface area contributed by atoms with E-state index in [9.17, 15) is 19.7 Å². The van der Waals surface area contributed by atoms with E-state index in [0.29, 0.717) is 42.5 Å². The number of likely N-dealkylation sites (tertiary alicyclic amines) is 1. The summed E-state index contributed by atoms with van der Waals surface area (Å²) in [7, 11) is 0. The summed E-state index contributed by atoms with van der Waals surface area (Å²) in [6.07, 6.45) is 0.775. The molecule has 2 heterocycles. The highest BCUT2D eigenvalue weighted by atomic mass is 16.6. The number of piperidine rings is 1. The van der Waals surface area contributed by atoms with Gasteiger partial charge in [-0.25, -0.2) is 4.79 Å². The van der Waals surface area contributed by atoms with Gasteiger partial charge >= 0.3 is 6.09 Å². The lowest BCUT2D eigenvalue weighted by Gasteiger charge is -2.32. The molecule has 0 radical (unpaired) electrons. The van der Waals surface area contributed by atoms with Crippen LogP contribution in [0.2, 0.25) is 0 Å². The Bertz CT molecular complexity index is 907. The Morgan fingerprint density at radius 3 is 2.57 bits per heavy atom. The van der Waals surface area contributed by atoms with Crippen molar-refractivity contribution in [2.24, 2.45) is 0 Å². The number of carbonyl (C=O) groups excluding carboxylic acids is 2. The number of carbonyl (C=O) groups is 2. The van der Waals surface area contributed by atoms with Gasteiger partial charge in [-0.15, -0.1) is 0 Å². The second-order valence-electron chi connectivity index (χ2n) is 7.89. The number of nitrogens with zero attached hydrogens (tertiary/aromatic N) is 2. The molecule has 0 bridgehead atoms. The van der Waals surface area contributed by atoms with Gasteiger partial charge < -0.3 is 19.9 Å². The van der Waals surface area contributed by atoms with Crippen LogP contribution in [0.5, 0.6) is 0 Å². The molecule has 9 heteroatoms. The van der Waals surface area contributed by atoms with E-state index < -0.39 is 16.6 Å². The Labute approximate surface area is 162 Å². The first-order chi connectivity index (χ1) is 13.1. The number of rotatable bonds is 3. The summed E-state index contributed by atoms with van der Waals surface area (Å²) in [5.74, 6) is -0.207. The number of hydrogen-bond acceptors (Lipinski definition) is 5. The average molecular weight is 388 g/mol. The largest absolute Gasteiger partial charge is 0.444 e. The van der Waals surface area contributed by atoms with Crippen molar-refractivity contribution in [2.45, 2.75) is 45.3 Å². The standard InChI is InChI=1S/C19H24N4O5/c1-19(2,3)28-18(25)20-13-7-9-22(10-8-13)17(24)14-11-12-5-4-6-15(23(26)27)16(12)21-14/h4-6,11,13,21H,7-10H2,1-3H3,(H,20,25). The summed E-state index contributed by atoms with van der Waals surface area (Å²) in [5.41, 5.74) is 0.0518. The van der Waals surface area contributed by atoms with Gasteiger partial charge in [-0.2, -0.15) is 0 Å². The average Bonchev–Trinajstić information content (AvgIpc) is 3.04. The highest BCUT2D eigenvalue weighted by molar-refractivity contribution is 6.00. The molecule has 0 atom stereocenters. The molecule has 0 unspecified atom stereocenters. The van der Waals surface area contributed by atoms with Crippen LogP contribution in [-0.4, -0.2) is 51.5 Å². The van der Waals surface area contributed by atoms with Crippen LogP contribution >= 0.6 is 0 Å². The molecule has 0 aliphatic carbocycles. The normalized spacial score (nSPS) is 15.5. The third-order valence-corrected chi connectivity index (χ3v) is 4.56. The molecule has 2 amide bonds. The fourth-order valence-electron chi connectivity index (χ4n) is 3.28. The predicted molar refractivity (Wildman–Crippen MR) is 103 cm³/mol. The van der Waals surface area contributed by atoms with E-state index in [1.165, 1.54) is 6.07 Å². The van der Waals surface area contributed by atoms with Gasteiger partial charge in [0, 0.05) is 30.6 Å². The fraction of sp³-hybridized carbons (Fsp3) is 0.474. The zero-order valence-electron chi connectivity index (χ0n) is 16.2. The van der Waals surface area contributed by atoms with E-state index in [-0.39, 0.29) is 17.6 Å². The number of aromatic amines is 1. The van der Waals surface area contributed by atoms with E-state index in [1.54, 1.807) is 43.9 Å². The number of benzene rings is 1. The van der Waals surface area contributed by atoms with Crippen molar-refractivity contribution in [3.63, 3.8) is 0 Å². The van der Waals surface area contributed by atoms with Crippen LogP contribution in [0.3, 0.4) is 0 Å². The zero-order chi connectivity index (χ0) is 20.5. The minimum atomic E-state index is -0.557. The summed E-state index contributed by atoms with van der Waals surface area (Å²) >= 11 is 0. The van der Waals surface area contributed by atoms with Crippen LogP contribution in [0.25, 0.3) is 10.9 Å². The fourth-order valence-corrected chi connectivity index (χ4v) is 3.28.